The predicted molar refractivity (Wildman–Crippen MR) is 127 cm³/mol. The van der Waals surface area contributed by atoms with Crippen LogP contribution < -0.4 is 10.1 Å². The predicted octanol–water partition coefficient (Wildman–Crippen LogP) is 6.18. The number of carbonyl (C=O) groups excluding carboxylic acids is 1. The van der Waals surface area contributed by atoms with E-state index in [0.29, 0.717) is 33.3 Å². The summed E-state index contributed by atoms with van der Waals surface area (Å²) in [6, 6.07) is 8.86. The molecule has 164 valence electrons. The lowest BCUT2D eigenvalue weighted by molar-refractivity contribution is -0.113. The molecule has 1 amide bonds. The second-order valence-corrected chi connectivity index (χ2v) is 8.85. The number of halogens is 3. The van der Waals surface area contributed by atoms with Gasteiger partial charge in [-0.25, -0.2) is 0 Å². The van der Waals surface area contributed by atoms with Gasteiger partial charge in [0.15, 0.2) is 11.0 Å². The van der Waals surface area contributed by atoms with E-state index in [1.165, 1.54) is 11.8 Å². The van der Waals surface area contributed by atoms with Gasteiger partial charge in [0.05, 0.1) is 21.5 Å². The lowest BCUT2D eigenvalue weighted by atomic mass is 10.1. The number of carbonyl (C=O) groups is 1. The molecule has 0 radical (unpaired) electrons. The number of aromatic nitrogens is 3. The van der Waals surface area contributed by atoms with E-state index >= 15 is 0 Å². The van der Waals surface area contributed by atoms with E-state index in [-0.39, 0.29) is 18.3 Å². The Morgan fingerprint density at radius 3 is 2.52 bits per heavy atom. The molecule has 0 aliphatic heterocycles. The largest absolute Gasteiger partial charge is 0.486 e. The van der Waals surface area contributed by atoms with Crippen LogP contribution in [0.4, 0.5) is 5.69 Å². The van der Waals surface area contributed by atoms with Crippen molar-refractivity contribution in [1.82, 2.24) is 14.8 Å². The van der Waals surface area contributed by atoms with Crippen LogP contribution >= 0.6 is 46.6 Å². The summed E-state index contributed by atoms with van der Waals surface area (Å²) in [5.74, 6) is 1.33. The van der Waals surface area contributed by atoms with E-state index < -0.39 is 0 Å². The summed E-state index contributed by atoms with van der Waals surface area (Å²) in [6.07, 6.45) is 0. The highest BCUT2D eigenvalue weighted by Crippen LogP contribution is 2.30. The standard InChI is InChI=1S/C21H21Cl3N4O2S/c1-4-28-17(10-30-14-8-12(2)19(23)13(3)9-14)26-27-21(28)31-11-18(29)25-16-7-5-6-15(22)20(16)24/h5-9H,4,10-11H2,1-3H3,(H,25,29). The van der Waals surface area contributed by atoms with E-state index in [4.69, 9.17) is 39.5 Å². The first-order valence-corrected chi connectivity index (χ1v) is 11.6. The Hall–Kier alpha value is -1.93. The second-order valence-electron chi connectivity index (χ2n) is 6.74. The van der Waals surface area contributed by atoms with Crippen LogP contribution in [0.2, 0.25) is 15.1 Å². The van der Waals surface area contributed by atoms with Gasteiger partial charge in [-0.15, -0.1) is 10.2 Å². The quantitative estimate of drug-likeness (QED) is 0.375. The molecule has 1 heterocycles. The molecule has 0 bridgehead atoms. The van der Waals surface area contributed by atoms with Crippen molar-refractivity contribution in [1.29, 1.82) is 0 Å². The molecule has 0 fully saturated rings. The monoisotopic (exact) mass is 498 g/mol. The first-order chi connectivity index (χ1) is 14.8. The number of aryl methyl sites for hydroxylation is 2. The Balaban J connectivity index is 1.62. The third-order valence-corrected chi connectivity index (χ3v) is 6.83. The maximum atomic E-state index is 12.3. The van der Waals surface area contributed by atoms with Crippen LogP contribution in [0.5, 0.6) is 5.75 Å². The van der Waals surface area contributed by atoms with E-state index in [0.717, 1.165) is 21.9 Å². The van der Waals surface area contributed by atoms with Gasteiger partial charge in [-0.1, -0.05) is 52.6 Å². The van der Waals surface area contributed by atoms with Gasteiger partial charge in [0.1, 0.15) is 12.4 Å². The summed E-state index contributed by atoms with van der Waals surface area (Å²) in [5.41, 5.74) is 2.38. The van der Waals surface area contributed by atoms with Crippen LogP contribution in [0, 0.1) is 13.8 Å². The maximum Gasteiger partial charge on any atom is 0.234 e. The topological polar surface area (TPSA) is 69.0 Å². The van der Waals surface area contributed by atoms with Crippen molar-refractivity contribution in [3.63, 3.8) is 0 Å². The lowest BCUT2D eigenvalue weighted by Gasteiger charge is -2.11. The summed E-state index contributed by atoms with van der Waals surface area (Å²) in [7, 11) is 0. The van der Waals surface area contributed by atoms with Crippen molar-refractivity contribution in [2.45, 2.75) is 39.1 Å². The van der Waals surface area contributed by atoms with E-state index in [2.05, 4.69) is 15.5 Å². The number of ether oxygens (including phenoxy) is 1. The van der Waals surface area contributed by atoms with E-state index in [1.54, 1.807) is 18.2 Å². The molecular weight excluding hydrogens is 479 g/mol. The molecule has 0 aliphatic carbocycles. The van der Waals surface area contributed by atoms with Crippen molar-refractivity contribution >= 4 is 58.2 Å². The number of benzene rings is 2. The first kappa shape index (κ1) is 23.7. The molecule has 31 heavy (non-hydrogen) atoms. The summed E-state index contributed by atoms with van der Waals surface area (Å²) in [4.78, 5) is 12.3. The number of thioether (sulfide) groups is 1. The molecule has 0 saturated heterocycles. The Bertz CT molecular complexity index is 1080. The van der Waals surface area contributed by atoms with Gasteiger partial charge in [-0.2, -0.15) is 0 Å². The van der Waals surface area contributed by atoms with Gasteiger partial charge in [0, 0.05) is 11.6 Å². The van der Waals surface area contributed by atoms with Gasteiger partial charge >= 0.3 is 0 Å². The van der Waals surface area contributed by atoms with E-state index in [1.807, 2.05) is 37.5 Å². The van der Waals surface area contributed by atoms with Crippen LogP contribution in [-0.4, -0.2) is 26.4 Å². The Kier molecular flexibility index (Phi) is 8.11. The Morgan fingerprint density at radius 2 is 1.84 bits per heavy atom. The van der Waals surface area contributed by atoms with Crippen molar-refractivity contribution in [2.75, 3.05) is 11.1 Å². The second kappa shape index (κ2) is 10.6. The lowest BCUT2D eigenvalue weighted by Crippen LogP contribution is -2.15. The fourth-order valence-corrected chi connectivity index (χ4v) is 4.18. The highest BCUT2D eigenvalue weighted by Gasteiger charge is 2.15. The number of anilines is 1. The number of hydrogen-bond acceptors (Lipinski definition) is 5. The van der Waals surface area contributed by atoms with Gasteiger partial charge in [-0.3, -0.25) is 4.79 Å². The van der Waals surface area contributed by atoms with Gasteiger partial charge in [-0.05, 0) is 56.2 Å². The summed E-state index contributed by atoms with van der Waals surface area (Å²) >= 11 is 19.6. The number of hydrogen-bond donors (Lipinski definition) is 1. The van der Waals surface area contributed by atoms with Crippen molar-refractivity contribution < 1.29 is 9.53 Å². The van der Waals surface area contributed by atoms with Crippen molar-refractivity contribution in [3.05, 3.63) is 62.4 Å². The van der Waals surface area contributed by atoms with E-state index in [9.17, 15) is 4.79 Å². The molecule has 0 spiro atoms. The first-order valence-electron chi connectivity index (χ1n) is 9.48. The number of nitrogens with zero attached hydrogens (tertiary/aromatic N) is 3. The summed E-state index contributed by atoms with van der Waals surface area (Å²) in [5, 5.41) is 13.3. The number of rotatable bonds is 8. The third kappa shape index (κ3) is 5.86. The minimum atomic E-state index is -0.218. The molecule has 3 aromatic rings. The van der Waals surface area contributed by atoms with Gasteiger partial charge in [0.25, 0.3) is 0 Å². The van der Waals surface area contributed by atoms with Gasteiger partial charge < -0.3 is 14.6 Å². The Morgan fingerprint density at radius 1 is 1.13 bits per heavy atom. The number of nitrogens with one attached hydrogen (secondary N) is 1. The molecule has 3 rings (SSSR count). The zero-order valence-corrected chi connectivity index (χ0v) is 20.3. The molecule has 0 atom stereocenters. The molecule has 10 heteroatoms. The zero-order valence-electron chi connectivity index (χ0n) is 17.2. The molecule has 0 saturated carbocycles. The molecular formula is C21H21Cl3N4O2S. The van der Waals surface area contributed by atoms with Crippen LogP contribution in [0.3, 0.4) is 0 Å². The van der Waals surface area contributed by atoms with Crippen LogP contribution in [-0.2, 0) is 17.9 Å². The fourth-order valence-electron chi connectivity index (χ4n) is 2.90. The summed E-state index contributed by atoms with van der Waals surface area (Å²) in [6.45, 7) is 6.76. The van der Waals surface area contributed by atoms with Crippen molar-refractivity contribution in [2.24, 2.45) is 0 Å². The number of amides is 1. The summed E-state index contributed by atoms with van der Waals surface area (Å²) < 4.78 is 7.81. The highest BCUT2D eigenvalue weighted by atomic mass is 35.5. The van der Waals surface area contributed by atoms with Gasteiger partial charge in [0.2, 0.25) is 5.91 Å². The normalized spacial score (nSPS) is 10.9. The SMILES string of the molecule is CCn1c(COc2cc(C)c(Cl)c(C)c2)nnc1SCC(=O)Nc1cccc(Cl)c1Cl. The minimum absolute atomic E-state index is 0.150. The zero-order chi connectivity index (χ0) is 22.5. The highest BCUT2D eigenvalue weighted by molar-refractivity contribution is 7.99. The molecule has 6 nitrogen and oxygen atoms in total. The van der Waals surface area contributed by atoms with Crippen molar-refractivity contribution in [3.8, 4) is 5.75 Å². The molecule has 2 aromatic carbocycles. The fraction of sp³-hybridized carbons (Fsp3) is 0.286. The van der Waals surface area contributed by atoms with Crippen LogP contribution in [0.1, 0.15) is 23.9 Å². The average molecular weight is 500 g/mol. The minimum Gasteiger partial charge on any atom is -0.486 e. The maximum absolute atomic E-state index is 12.3. The molecule has 1 N–H and O–H groups in total. The smallest absolute Gasteiger partial charge is 0.234 e. The average Bonchev–Trinajstić information content (AvgIpc) is 3.14. The molecule has 0 unspecified atom stereocenters. The molecule has 1 aromatic heterocycles. The van der Waals surface area contributed by atoms with Crippen LogP contribution in [0.25, 0.3) is 0 Å². The molecule has 0 aliphatic rings. The Labute approximate surface area is 200 Å². The third-order valence-electron chi connectivity index (χ3n) is 4.45. The van der Waals surface area contributed by atoms with Crippen LogP contribution in [0.15, 0.2) is 35.5 Å².